The Labute approximate surface area is 284 Å². The summed E-state index contributed by atoms with van der Waals surface area (Å²) in [5.41, 5.74) is 15.4. The minimum Gasteiger partial charge on any atom is -0.481 e. The first kappa shape index (κ1) is 36.8. The molecule has 5 heterocycles. The van der Waals surface area contributed by atoms with E-state index in [9.17, 15) is 24.6 Å². The Kier molecular flexibility index (Phi) is 11.9. The van der Waals surface area contributed by atoms with Gasteiger partial charge in [-0.25, -0.2) is 9.97 Å². The molecular formula is C37H45N5O7. The molecule has 0 unspecified atom stereocenters. The number of aromatic amines is 2. The zero-order valence-corrected chi connectivity index (χ0v) is 28.9. The van der Waals surface area contributed by atoms with Crippen molar-refractivity contribution in [1.82, 2.24) is 25.3 Å². The average Bonchev–Trinajstić information content (AvgIpc) is 3.72. The van der Waals surface area contributed by atoms with Crippen LogP contribution in [0.2, 0.25) is 0 Å². The van der Waals surface area contributed by atoms with Gasteiger partial charge in [0.2, 0.25) is 5.91 Å². The third-order valence-corrected chi connectivity index (χ3v) is 9.11. The summed E-state index contributed by atoms with van der Waals surface area (Å²) < 4.78 is 0. The van der Waals surface area contributed by atoms with Crippen LogP contribution >= 0.6 is 0 Å². The van der Waals surface area contributed by atoms with Gasteiger partial charge in [0.25, 0.3) is 0 Å². The fourth-order valence-electron chi connectivity index (χ4n) is 6.37. The first-order valence-corrected chi connectivity index (χ1v) is 16.4. The first-order valence-electron chi connectivity index (χ1n) is 16.4. The lowest BCUT2D eigenvalue weighted by Gasteiger charge is -2.05. The number of aliphatic carboxylic acids is 2. The van der Waals surface area contributed by atoms with Crippen molar-refractivity contribution in [2.75, 3.05) is 13.3 Å². The van der Waals surface area contributed by atoms with Crippen LogP contribution in [0.15, 0.2) is 24.3 Å². The SMILES string of the molecule is CCc1c(C)c2cc3[nH]c(cc4nc(cc5nc(cc1[nH]2)C(C)=C5CCC(=O)O)C(CCC(=O)O)=C4C)c(C)c3CC.O=C(CO)NCO. The molecule has 3 aromatic heterocycles. The summed E-state index contributed by atoms with van der Waals surface area (Å²) in [5.74, 6) is -2.30. The number of hydrogen-bond donors (Lipinski definition) is 7. The van der Waals surface area contributed by atoms with E-state index in [-0.39, 0.29) is 12.8 Å². The van der Waals surface area contributed by atoms with Crippen molar-refractivity contribution in [1.29, 1.82) is 0 Å². The number of rotatable bonds is 10. The number of nitrogens with zero attached hydrogens (tertiary/aromatic N) is 2. The molecule has 0 saturated carbocycles. The van der Waals surface area contributed by atoms with Crippen LogP contribution in [0.5, 0.6) is 0 Å². The normalized spacial score (nSPS) is 12.6. The summed E-state index contributed by atoms with van der Waals surface area (Å²) in [6, 6.07) is 8.19. The Morgan fingerprint density at radius 2 is 1.08 bits per heavy atom. The van der Waals surface area contributed by atoms with E-state index >= 15 is 0 Å². The summed E-state index contributed by atoms with van der Waals surface area (Å²) >= 11 is 0. The molecule has 0 spiro atoms. The second-order valence-electron chi connectivity index (χ2n) is 12.1. The van der Waals surface area contributed by atoms with Crippen LogP contribution in [0.25, 0.3) is 44.4 Å². The number of carbonyl (C=O) groups is 3. The van der Waals surface area contributed by atoms with Crippen LogP contribution in [0.4, 0.5) is 0 Å². The maximum atomic E-state index is 11.5. The molecule has 1 amide bonds. The molecule has 0 aliphatic carbocycles. The molecule has 0 radical (unpaired) electrons. The molecule has 0 atom stereocenters. The van der Waals surface area contributed by atoms with Crippen LogP contribution in [0.3, 0.4) is 0 Å². The van der Waals surface area contributed by atoms with E-state index in [1.165, 1.54) is 16.7 Å². The number of aryl methyl sites for hydroxylation is 4. The van der Waals surface area contributed by atoms with E-state index in [1.54, 1.807) is 0 Å². The minimum atomic E-state index is -0.869. The highest BCUT2D eigenvalue weighted by atomic mass is 16.4. The smallest absolute Gasteiger partial charge is 0.303 e. The van der Waals surface area contributed by atoms with Crippen molar-refractivity contribution in [3.8, 4) is 0 Å². The van der Waals surface area contributed by atoms with Crippen molar-refractivity contribution >= 4 is 62.2 Å². The van der Waals surface area contributed by atoms with Gasteiger partial charge in [-0.05, 0) is 122 Å². The van der Waals surface area contributed by atoms with Crippen molar-refractivity contribution in [2.45, 2.75) is 80.1 Å². The average molecular weight is 672 g/mol. The number of aliphatic hydroxyl groups is 2. The van der Waals surface area contributed by atoms with Gasteiger partial charge in [0.15, 0.2) is 0 Å². The standard InChI is InChI=1S/C34H38N4O4.C3H7NO3/c1-7-21-17(3)25-13-26-19(5)23(9-11-33(39)40)31(37-26)16-32-24(10-12-34(41)42)20(6)28(38-32)15-30-22(8-2)18(4)27(36-30)14-29(21)35-25;5-1-3(7)4-2-6/h13-16,35-36H,7-12H2,1-6H3,(H,39,40)(H,41,42);5-6H,1-2H2,(H,4,7). The van der Waals surface area contributed by atoms with Crippen molar-refractivity contribution < 1.29 is 34.8 Å². The Morgan fingerprint density at radius 1 is 0.653 bits per heavy atom. The van der Waals surface area contributed by atoms with Crippen LogP contribution in [0.1, 0.15) is 98.4 Å². The molecule has 7 N–H and O–H groups in total. The Morgan fingerprint density at radius 3 is 1.47 bits per heavy atom. The Bertz CT molecular complexity index is 2020. The number of H-pyrrole nitrogens is 2. The minimum absolute atomic E-state index is 0.0138. The summed E-state index contributed by atoms with van der Waals surface area (Å²) in [6.07, 6.45) is 2.37. The number of amides is 1. The van der Waals surface area contributed by atoms with Gasteiger partial charge in [-0.3, -0.25) is 14.4 Å². The quantitative estimate of drug-likeness (QED) is 0.132. The number of aromatic nitrogens is 4. The number of carbonyl (C=O) groups excluding carboxylic acids is 1. The van der Waals surface area contributed by atoms with Crippen LogP contribution in [-0.4, -0.2) is 71.5 Å². The lowest BCUT2D eigenvalue weighted by molar-refractivity contribution is -0.137. The summed E-state index contributed by atoms with van der Waals surface area (Å²) in [4.78, 5) is 50.2. The number of carboxylic acids is 2. The zero-order valence-electron chi connectivity index (χ0n) is 28.9. The van der Waals surface area contributed by atoms with E-state index in [4.69, 9.17) is 20.2 Å². The second-order valence-corrected chi connectivity index (χ2v) is 12.1. The molecule has 49 heavy (non-hydrogen) atoms. The van der Waals surface area contributed by atoms with Gasteiger partial charge in [-0.15, -0.1) is 0 Å². The molecule has 260 valence electrons. The monoisotopic (exact) mass is 671 g/mol. The van der Waals surface area contributed by atoms with E-state index in [0.29, 0.717) is 24.2 Å². The molecule has 2 aliphatic heterocycles. The molecular weight excluding hydrogens is 626 g/mol. The predicted octanol–water partition coefficient (Wildman–Crippen LogP) is 5.69. The number of hydrogen-bond acceptors (Lipinski definition) is 7. The molecule has 8 bridgehead atoms. The van der Waals surface area contributed by atoms with E-state index < -0.39 is 31.2 Å². The summed E-state index contributed by atoms with van der Waals surface area (Å²) in [6.45, 7) is 11.5. The largest absolute Gasteiger partial charge is 0.481 e. The van der Waals surface area contributed by atoms with Gasteiger partial charge >= 0.3 is 11.9 Å². The third kappa shape index (κ3) is 8.15. The summed E-state index contributed by atoms with van der Waals surface area (Å²) in [5, 5.41) is 36.8. The third-order valence-electron chi connectivity index (χ3n) is 9.11. The Balaban J connectivity index is 0.000000698. The van der Waals surface area contributed by atoms with Gasteiger partial charge < -0.3 is 35.7 Å². The van der Waals surface area contributed by atoms with Gasteiger partial charge in [0.05, 0.1) is 22.8 Å². The molecule has 0 aromatic carbocycles. The number of allylic oxidation sites excluding steroid dienone is 4. The molecule has 12 heteroatoms. The zero-order chi connectivity index (χ0) is 36.0. The lowest BCUT2D eigenvalue weighted by atomic mass is 9.98. The molecule has 3 aromatic rings. The highest BCUT2D eigenvalue weighted by molar-refractivity contribution is 5.96. The van der Waals surface area contributed by atoms with Crippen molar-refractivity contribution in [3.63, 3.8) is 0 Å². The number of fused-ring (bicyclic) bond motifs is 8. The fourth-order valence-corrected chi connectivity index (χ4v) is 6.37. The van der Waals surface area contributed by atoms with Gasteiger partial charge in [-0.2, -0.15) is 0 Å². The highest BCUT2D eigenvalue weighted by Crippen LogP contribution is 2.38. The molecule has 0 fully saturated rings. The molecule has 2 aliphatic rings. The van der Waals surface area contributed by atoms with Crippen LogP contribution in [0, 0.1) is 13.8 Å². The van der Waals surface area contributed by atoms with E-state index in [0.717, 1.165) is 74.2 Å². The van der Waals surface area contributed by atoms with Gasteiger partial charge in [0.1, 0.15) is 13.3 Å². The number of carboxylic acid groups (broad SMARTS) is 2. The van der Waals surface area contributed by atoms with E-state index in [2.05, 4.69) is 49.8 Å². The maximum Gasteiger partial charge on any atom is 0.303 e. The molecule has 12 nitrogen and oxygen atoms in total. The maximum absolute atomic E-state index is 11.5. The lowest BCUT2D eigenvalue weighted by Crippen LogP contribution is -2.26. The fraction of sp³-hybridized carbons (Fsp3) is 0.378. The van der Waals surface area contributed by atoms with Gasteiger partial charge in [-0.1, -0.05) is 13.8 Å². The van der Waals surface area contributed by atoms with E-state index in [1.807, 2.05) is 31.3 Å². The van der Waals surface area contributed by atoms with Crippen LogP contribution in [-0.2, 0) is 27.2 Å². The van der Waals surface area contributed by atoms with Crippen LogP contribution < -0.4 is 5.32 Å². The Hall–Kier alpha value is -5.07. The molecule has 5 rings (SSSR count). The molecule has 0 saturated heterocycles. The number of aliphatic hydroxyl groups excluding tert-OH is 2. The summed E-state index contributed by atoms with van der Waals surface area (Å²) in [7, 11) is 0. The first-order chi connectivity index (χ1) is 23.3. The van der Waals surface area contributed by atoms with Crippen molar-refractivity contribution in [2.24, 2.45) is 0 Å². The van der Waals surface area contributed by atoms with Gasteiger partial charge in [0, 0.05) is 34.9 Å². The highest BCUT2D eigenvalue weighted by Gasteiger charge is 2.22. The van der Waals surface area contributed by atoms with Crippen molar-refractivity contribution in [3.05, 3.63) is 69.3 Å². The number of nitrogens with one attached hydrogen (secondary N) is 3. The topological polar surface area (TPSA) is 202 Å². The second kappa shape index (κ2) is 15.9. The predicted molar refractivity (Wildman–Crippen MR) is 190 cm³/mol.